The van der Waals surface area contributed by atoms with Gasteiger partial charge in [-0.2, -0.15) is 5.26 Å². The maximum absolute atomic E-state index is 12.9. The van der Waals surface area contributed by atoms with E-state index in [4.69, 9.17) is 21.1 Å². The number of pyridine rings is 1. The SMILES string of the molecule is C[CH]CC(=O)Nc1cccc(-c2cc(-c3ccc(Cl)cc3OCOC)nc(NC(=O)c3nccs3)c2C#N)c1. The number of nitrogens with one attached hydrogen (secondary N) is 2. The lowest BCUT2D eigenvalue weighted by Gasteiger charge is -2.16. The first-order valence-electron chi connectivity index (χ1n) is 11.7. The fourth-order valence-electron chi connectivity index (χ4n) is 3.72. The normalized spacial score (nSPS) is 10.5. The van der Waals surface area contributed by atoms with Gasteiger partial charge in [-0.3, -0.25) is 9.59 Å². The minimum Gasteiger partial charge on any atom is -0.467 e. The molecule has 0 spiro atoms. The number of carbonyl (C=O) groups is 2. The van der Waals surface area contributed by atoms with Crippen LogP contribution in [-0.2, 0) is 9.53 Å². The summed E-state index contributed by atoms with van der Waals surface area (Å²) < 4.78 is 10.8. The smallest absolute Gasteiger partial charge is 0.285 e. The van der Waals surface area contributed by atoms with Crippen LogP contribution in [0.1, 0.15) is 28.7 Å². The van der Waals surface area contributed by atoms with Crippen molar-refractivity contribution < 1.29 is 19.1 Å². The molecule has 0 fully saturated rings. The van der Waals surface area contributed by atoms with Gasteiger partial charge >= 0.3 is 0 Å². The minimum absolute atomic E-state index is 0.0267. The highest BCUT2D eigenvalue weighted by Crippen LogP contribution is 2.38. The lowest BCUT2D eigenvalue weighted by Crippen LogP contribution is -2.15. The number of nitrogens with zero attached hydrogens (tertiary/aromatic N) is 3. The third-order valence-electron chi connectivity index (χ3n) is 5.39. The zero-order valence-electron chi connectivity index (χ0n) is 21.0. The van der Waals surface area contributed by atoms with E-state index in [2.05, 4.69) is 26.7 Å². The fraction of sp³-hybridized carbons (Fsp3) is 0.143. The largest absolute Gasteiger partial charge is 0.467 e. The average molecular weight is 561 g/mol. The molecule has 0 aliphatic heterocycles. The molecule has 0 aliphatic carbocycles. The summed E-state index contributed by atoms with van der Waals surface area (Å²) in [6.07, 6.45) is 3.54. The van der Waals surface area contributed by atoms with Crippen molar-refractivity contribution in [3.8, 4) is 34.2 Å². The van der Waals surface area contributed by atoms with Gasteiger partial charge in [0, 0.05) is 46.9 Å². The molecule has 0 atom stereocenters. The molecule has 0 saturated carbocycles. The van der Waals surface area contributed by atoms with Crippen LogP contribution in [-0.4, -0.2) is 35.7 Å². The van der Waals surface area contributed by atoms with Gasteiger partial charge in [-0.15, -0.1) is 11.3 Å². The summed E-state index contributed by atoms with van der Waals surface area (Å²) in [6, 6.07) is 16.0. The zero-order chi connectivity index (χ0) is 27.8. The monoisotopic (exact) mass is 560 g/mol. The van der Waals surface area contributed by atoms with Gasteiger partial charge in [0.1, 0.15) is 17.4 Å². The predicted octanol–water partition coefficient (Wildman–Crippen LogP) is 6.18. The van der Waals surface area contributed by atoms with Crippen LogP contribution in [0.3, 0.4) is 0 Å². The van der Waals surface area contributed by atoms with E-state index in [1.165, 1.54) is 13.3 Å². The van der Waals surface area contributed by atoms with Crippen molar-refractivity contribution in [3.63, 3.8) is 0 Å². The van der Waals surface area contributed by atoms with Crippen LogP contribution < -0.4 is 15.4 Å². The Labute approximate surface area is 234 Å². The van der Waals surface area contributed by atoms with Crippen molar-refractivity contribution in [3.05, 3.63) is 82.1 Å². The second-order valence-electron chi connectivity index (χ2n) is 8.11. The Hall–Kier alpha value is -4.30. The van der Waals surface area contributed by atoms with Gasteiger partial charge in [0.15, 0.2) is 17.6 Å². The van der Waals surface area contributed by atoms with E-state index in [0.717, 1.165) is 11.3 Å². The summed E-state index contributed by atoms with van der Waals surface area (Å²) in [5.41, 5.74) is 2.80. The molecular weight excluding hydrogens is 538 g/mol. The second kappa shape index (κ2) is 13.0. The molecule has 9 nitrogen and oxygen atoms in total. The molecule has 2 aromatic carbocycles. The van der Waals surface area contributed by atoms with E-state index in [1.54, 1.807) is 67.3 Å². The molecule has 0 aliphatic rings. The number of thiazole rings is 1. The summed E-state index contributed by atoms with van der Waals surface area (Å²) in [6.45, 7) is 1.78. The third kappa shape index (κ3) is 6.78. The number of ether oxygens (including phenoxy) is 2. The van der Waals surface area contributed by atoms with Gasteiger partial charge in [-0.05, 0) is 48.4 Å². The first-order chi connectivity index (χ1) is 18.9. The summed E-state index contributed by atoms with van der Waals surface area (Å²) >= 11 is 7.38. The molecule has 197 valence electrons. The molecule has 2 N–H and O–H groups in total. The Balaban J connectivity index is 1.88. The van der Waals surface area contributed by atoms with Gasteiger partial charge in [-0.1, -0.05) is 30.7 Å². The number of nitriles is 1. The Morgan fingerprint density at radius 3 is 2.72 bits per heavy atom. The van der Waals surface area contributed by atoms with Crippen LogP contribution in [0.25, 0.3) is 22.4 Å². The lowest BCUT2D eigenvalue weighted by atomic mass is 9.97. The van der Waals surface area contributed by atoms with Gasteiger partial charge in [0.25, 0.3) is 5.91 Å². The highest BCUT2D eigenvalue weighted by Gasteiger charge is 2.21. The third-order valence-corrected chi connectivity index (χ3v) is 6.40. The number of amides is 2. The van der Waals surface area contributed by atoms with Crippen LogP contribution in [0.2, 0.25) is 5.02 Å². The molecule has 2 amide bonds. The summed E-state index contributed by atoms with van der Waals surface area (Å²) in [4.78, 5) is 33.8. The molecule has 1 radical (unpaired) electrons. The number of carbonyl (C=O) groups excluding carboxylic acids is 2. The van der Waals surface area contributed by atoms with E-state index in [1.807, 2.05) is 0 Å². The standard InChI is InChI=1S/C28H23ClN5O4S/c1-3-5-25(35)32-19-7-4-6-17(12-19)21-14-23(20-9-8-18(29)13-24(20)38-16-37-2)33-26(22(21)15-30)34-27(36)28-31-10-11-39-28/h3-4,6-14H,5,16H2,1-2H3,(H,32,35)(H,33,34,36). The van der Waals surface area contributed by atoms with Crippen molar-refractivity contribution >= 4 is 46.3 Å². The first-order valence-corrected chi connectivity index (χ1v) is 12.9. The molecule has 0 saturated heterocycles. The number of aromatic nitrogens is 2. The van der Waals surface area contributed by atoms with Gasteiger partial charge in [0.05, 0.1) is 5.69 Å². The van der Waals surface area contributed by atoms with Crippen LogP contribution in [0.5, 0.6) is 5.75 Å². The second-order valence-corrected chi connectivity index (χ2v) is 9.45. The van der Waals surface area contributed by atoms with E-state index >= 15 is 0 Å². The summed E-state index contributed by atoms with van der Waals surface area (Å²) in [7, 11) is 1.50. The number of hydrogen-bond donors (Lipinski definition) is 2. The van der Waals surface area contributed by atoms with E-state index in [9.17, 15) is 14.9 Å². The van der Waals surface area contributed by atoms with Crippen molar-refractivity contribution in [2.75, 3.05) is 24.5 Å². The maximum Gasteiger partial charge on any atom is 0.285 e. The van der Waals surface area contributed by atoms with Crippen molar-refractivity contribution in [2.24, 2.45) is 0 Å². The number of anilines is 2. The summed E-state index contributed by atoms with van der Waals surface area (Å²) in [5, 5.41) is 18.1. The number of hydrogen-bond acceptors (Lipinski definition) is 8. The fourth-order valence-corrected chi connectivity index (χ4v) is 4.41. The van der Waals surface area contributed by atoms with E-state index in [0.29, 0.717) is 38.8 Å². The number of methoxy groups -OCH3 is 1. The number of benzene rings is 2. The molecule has 11 heteroatoms. The van der Waals surface area contributed by atoms with Gasteiger partial charge in [-0.25, -0.2) is 9.97 Å². The first kappa shape index (κ1) is 27.7. The van der Waals surface area contributed by atoms with E-state index in [-0.39, 0.29) is 35.5 Å². The highest BCUT2D eigenvalue weighted by molar-refractivity contribution is 7.11. The topological polar surface area (TPSA) is 126 Å². The average Bonchev–Trinajstić information content (AvgIpc) is 3.47. The molecule has 0 unspecified atom stereocenters. The zero-order valence-corrected chi connectivity index (χ0v) is 22.6. The molecule has 0 bridgehead atoms. The lowest BCUT2D eigenvalue weighted by molar-refractivity contribution is -0.115. The van der Waals surface area contributed by atoms with Crippen LogP contribution >= 0.6 is 22.9 Å². The number of halogens is 1. The van der Waals surface area contributed by atoms with Crippen LogP contribution in [0, 0.1) is 17.8 Å². The van der Waals surface area contributed by atoms with Crippen molar-refractivity contribution in [2.45, 2.75) is 13.3 Å². The molecule has 2 heterocycles. The Morgan fingerprint density at radius 1 is 1.15 bits per heavy atom. The predicted molar refractivity (Wildman–Crippen MR) is 151 cm³/mol. The van der Waals surface area contributed by atoms with Gasteiger partial charge < -0.3 is 20.1 Å². The molecule has 4 aromatic rings. The van der Waals surface area contributed by atoms with Crippen molar-refractivity contribution in [1.82, 2.24) is 9.97 Å². The Morgan fingerprint density at radius 2 is 2.00 bits per heavy atom. The quantitative estimate of drug-likeness (QED) is 0.222. The molecule has 2 aromatic heterocycles. The highest BCUT2D eigenvalue weighted by atomic mass is 35.5. The van der Waals surface area contributed by atoms with Crippen LogP contribution in [0.15, 0.2) is 60.1 Å². The Kier molecular flexibility index (Phi) is 9.22. The summed E-state index contributed by atoms with van der Waals surface area (Å²) in [5.74, 6) is -0.210. The minimum atomic E-state index is -0.499. The molecule has 39 heavy (non-hydrogen) atoms. The molecule has 4 rings (SSSR count). The van der Waals surface area contributed by atoms with E-state index < -0.39 is 5.91 Å². The molecular formula is C28H23ClN5O4S. The van der Waals surface area contributed by atoms with Crippen LogP contribution in [0.4, 0.5) is 11.5 Å². The maximum atomic E-state index is 12.9. The van der Waals surface area contributed by atoms with Gasteiger partial charge in [0.2, 0.25) is 5.91 Å². The number of rotatable bonds is 10. The Bertz CT molecular complexity index is 1540. The van der Waals surface area contributed by atoms with Crippen molar-refractivity contribution in [1.29, 1.82) is 5.26 Å².